The molecule has 1 aliphatic heterocycles. The predicted molar refractivity (Wildman–Crippen MR) is 66.0 cm³/mol. The summed E-state index contributed by atoms with van der Waals surface area (Å²) in [5.41, 5.74) is 2.25. The lowest BCUT2D eigenvalue weighted by atomic mass is 9.88. The molecule has 5 nitrogen and oxygen atoms in total. The van der Waals surface area contributed by atoms with Gasteiger partial charge in [0.15, 0.2) is 0 Å². The summed E-state index contributed by atoms with van der Waals surface area (Å²) < 4.78 is 0. The van der Waals surface area contributed by atoms with E-state index in [0.717, 1.165) is 29.8 Å². The Kier molecular flexibility index (Phi) is 2.48. The molecule has 1 aliphatic carbocycles. The number of H-pyrrole nitrogens is 1. The molecule has 1 saturated carbocycles. The number of aryl methyl sites for hydroxylation is 2. The minimum absolute atomic E-state index is 0.0907. The number of aromatic amines is 1. The Balaban J connectivity index is 1.60. The molecule has 18 heavy (non-hydrogen) atoms. The molecule has 2 aliphatic rings. The highest BCUT2D eigenvalue weighted by Gasteiger charge is 2.53. The van der Waals surface area contributed by atoms with Crippen LogP contribution in [-0.2, 0) is 11.2 Å². The zero-order valence-corrected chi connectivity index (χ0v) is 10.9. The van der Waals surface area contributed by atoms with Crippen molar-refractivity contribution in [2.45, 2.75) is 38.7 Å². The van der Waals surface area contributed by atoms with E-state index in [1.54, 1.807) is 4.90 Å². The third-order valence-corrected chi connectivity index (χ3v) is 4.23. The quantitative estimate of drug-likeness (QED) is 0.822. The van der Waals surface area contributed by atoms with E-state index in [9.17, 15) is 9.90 Å². The number of hydrogen-bond acceptors (Lipinski definition) is 3. The third kappa shape index (κ3) is 1.82. The highest BCUT2D eigenvalue weighted by molar-refractivity contribution is 5.80. The van der Waals surface area contributed by atoms with Gasteiger partial charge in [0.2, 0.25) is 5.91 Å². The standard InChI is InChI=1S/C13H19N3O2/c1-8-11(9(2)15-14-8)5-12(17)16-6-13(18,7-16)10-3-4-10/h10,18H,3-7H2,1-2H3,(H,14,15). The Bertz CT molecular complexity index is 465. The molecule has 0 bridgehead atoms. The maximum absolute atomic E-state index is 12.1. The average Bonchev–Trinajstić information content (AvgIpc) is 3.08. The molecule has 5 heteroatoms. The molecule has 1 amide bonds. The van der Waals surface area contributed by atoms with E-state index in [0.29, 0.717) is 25.4 Å². The van der Waals surface area contributed by atoms with Crippen LogP contribution in [0.2, 0.25) is 0 Å². The van der Waals surface area contributed by atoms with Crippen molar-refractivity contribution in [1.82, 2.24) is 15.1 Å². The van der Waals surface area contributed by atoms with E-state index in [2.05, 4.69) is 10.2 Å². The van der Waals surface area contributed by atoms with Crippen LogP contribution >= 0.6 is 0 Å². The van der Waals surface area contributed by atoms with E-state index >= 15 is 0 Å². The van der Waals surface area contributed by atoms with Crippen LogP contribution in [0, 0.1) is 19.8 Å². The van der Waals surface area contributed by atoms with Crippen molar-refractivity contribution in [3.63, 3.8) is 0 Å². The molecule has 98 valence electrons. The van der Waals surface area contributed by atoms with Gasteiger partial charge >= 0.3 is 0 Å². The van der Waals surface area contributed by atoms with Crippen molar-refractivity contribution in [1.29, 1.82) is 0 Å². The largest absolute Gasteiger partial charge is 0.386 e. The number of amides is 1. The Labute approximate surface area is 106 Å². The number of nitrogens with zero attached hydrogens (tertiary/aromatic N) is 2. The van der Waals surface area contributed by atoms with Gasteiger partial charge in [-0.2, -0.15) is 5.10 Å². The Morgan fingerprint density at radius 2 is 2.17 bits per heavy atom. The highest BCUT2D eigenvalue weighted by atomic mass is 16.3. The van der Waals surface area contributed by atoms with Gasteiger partial charge in [0.1, 0.15) is 5.60 Å². The van der Waals surface area contributed by atoms with Crippen LogP contribution in [-0.4, -0.2) is 44.8 Å². The van der Waals surface area contributed by atoms with E-state index in [4.69, 9.17) is 0 Å². The molecule has 0 unspecified atom stereocenters. The first kappa shape index (κ1) is 11.7. The van der Waals surface area contributed by atoms with Crippen LogP contribution in [0.3, 0.4) is 0 Å². The number of aliphatic hydroxyl groups is 1. The number of carbonyl (C=O) groups excluding carboxylic acids is 1. The molecule has 0 spiro atoms. The number of hydrogen-bond donors (Lipinski definition) is 2. The van der Waals surface area contributed by atoms with Crippen LogP contribution in [0.4, 0.5) is 0 Å². The summed E-state index contributed by atoms with van der Waals surface area (Å²) in [5.74, 6) is 0.520. The second kappa shape index (κ2) is 3.82. The van der Waals surface area contributed by atoms with Crippen molar-refractivity contribution < 1.29 is 9.90 Å². The van der Waals surface area contributed by atoms with Crippen molar-refractivity contribution in [2.75, 3.05) is 13.1 Å². The number of nitrogens with one attached hydrogen (secondary N) is 1. The van der Waals surface area contributed by atoms with Crippen LogP contribution in [0.5, 0.6) is 0 Å². The molecule has 0 aromatic carbocycles. The first-order valence-electron chi connectivity index (χ1n) is 6.50. The normalized spacial score (nSPS) is 21.8. The van der Waals surface area contributed by atoms with Gasteiger partial charge in [0, 0.05) is 11.3 Å². The van der Waals surface area contributed by atoms with E-state index in [-0.39, 0.29) is 5.91 Å². The summed E-state index contributed by atoms with van der Waals surface area (Å²) in [6.07, 6.45) is 2.60. The van der Waals surface area contributed by atoms with Crippen molar-refractivity contribution >= 4 is 5.91 Å². The molecule has 1 aromatic heterocycles. The molecule has 0 radical (unpaired) electrons. The monoisotopic (exact) mass is 249 g/mol. The fourth-order valence-corrected chi connectivity index (χ4v) is 2.77. The summed E-state index contributed by atoms with van der Waals surface area (Å²) >= 11 is 0. The van der Waals surface area contributed by atoms with Gasteiger partial charge in [-0.1, -0.05) is 0 Å². The second-order valence-corrected chi connectivity index (χ2v) is 5.72. The molecule has 1 saturated heterocycles. The molecule has 2 N–H and O–H groups in total. The van der Waals surface area contributed by atoms with Crippen LogP contribution in [0.1, 0.15) is 29.8 Å². The summed E-state index contributed by atoms with van der Waals surface area (Å²) in [5, 5.41) is 17.2. The minimum Gasteiger partial charge on any atom is -0.386 e. The summed E-state index contributed by atoms with van der Waals surface area (Å²) in [4.78, 5) is 13.9. The minimum atomic E-state index is -0.587. The zero-order valence-electron chi connectivity index (χ0n) is 10.9. The Morgan fingerprint density at radius 1 is 1.50 bits per heavy atom. The van der Waals surface area contributed by atoms with Gasteiger partial charge < -0.3 is 10.0 Å². The molecule has 2 heterocycles. The van der Waals surface area contributed by atoms with Crippen molar-refractivity contribution in [3.8, 4) is 0 Å². The fourth-order valence-electron chi connectivity index (χ4n) is 2.77. The lowest BCUT2D eigenvalue weighted by molar-refractivity contribution is -0.158. The molecule has 1 aromatic rings. The molecule has 0 atom stereocenters. The second-order valence-electron chi connectivity index (χ2n) is 5.72. The third-order valence-electron chi connectivity index (χ3n) is 4.23. The van der Waals surface area contributed by atoms with Gasteiger partial charge in [-0.15, -0.1) is 0 Å². The summed E-state index contributed by atoms with van der Waals surface area (Å²) in [6.45, 7) is 4.85. The summed E-state index contributed by atoms with van der Waals surface area (Å²) in [7, 11) is 0. The maximum atomic E-state index is 12.1. The molecular formula is C13H19N3O2. The molecular weight excluding hydrogens is 230 g/mol. The molecule has 2 fully saturated rings. The number of aromatic nitrogens is 2. The van der Waals surface area contributed by atoms with Crippen molar-refractivity contribution in [3.05, 3.63) is 17.0 Å². The van der Waals surface area contributed by atoms with Crippen LogP contribution in [0.15, 0.2) is 0 Å². The topological polar surface area (TPSA) is 69.2 Å². The lowest BCUT2D eigenvalue weighted by Crippen LogP contribution is -2.65. The zero-order chi connectivity index (χ0) is 12.9. The van der Waals surface area contributed by atoms with E-state index in [1.165, 1.54) is 0 Å². The number of likely N-dealkylation sites (tertiary alicyclic amines) is 1. The Hall–Kier alpha value is -1.36. The lowest BCUT2D eigenvalue weighted by Gasteiger charge is -2.47. The van der Waals surface area contributed by atoms with Gasteiger partial charge in [0.05, 0.1) is 25.2 Å². The van der Waals surface area contributed by atoms with Gasteiger partial charge in [-0.25, -0.2) is 0 Å². The number of β-amino-alcohol motifs (C(OH)–C–C–N with tert-alkyl or cyclic N) is 1. The number of rotatable bonds is 3. The number of carbonyl (C=O) groups is 1. The maximum Gasteiger partial charge on any atom is 0.227 e. The predicted octanol–water partition coefficient (Wildman–Crippen LogP) is 0.552. The Morgan fingerprint density at radius 3 is 2.67 bits per heavy atom. The van der Waals surface area contributed by atoms with E-state index < -0.39 is 5.60 Å². The highest BCUT2D eigenvalue weighted by Crippen LogP contribution is 2.44. The van der Waals surface area contributed by atoms with Crippen LogP contribution < -0.4 is 0 Å². The first-order valence-corrected chi connectivity index (χ1v) is 6.50. The van der Waals surface area contributed by atoms with Gasteiger partial charge in [0.25, 0.3) is 0 Å². The van der Waals surface area contributed by atoms with Crippen molar-refractivity contribution in [2.24, 2.45) is 5.92 Å². The fraction of sp³-hybridized carbons (Fsp3) is 0.692. The van der Waals surface area contributed by atoms with Crippen LogP contribution in [0.25, 0.3) is 0 Å². The van der Waals surface area contributed by atoms with E-state index in [1.807, 2.05) is 13.8 Å². The first-order chi connectivity index (χ1) is 8.49. The summed E-state index contributed by atoms with van der Waals surface area (Å²) in [6, 6.07) is 0. The van der Waals surface area contributed by atoms with Gasteiger partial charge in [-0.3, -0.25) is 9.89 Å². The average molecular weight is 249 g/mol. The smallest absolute Gasteiger partial charge is 0.227 e. The van der Waals surface area contributed by atoms with Gasteiger partial charge in [-0.05, 0) is 32.6 Å². The molecule has 3 rings (SSSR count). The SMILES string of the molecule is Cc1n[nH]c(C)c1CC(=O)N1CC(O)(C2CC2)C1.